The van der Waals surface area contributed by atoms with E-state index in [1.807, 2.05) is 35.7 Å². The molecule has 0 radical (unpaired) electrons. The van der Waals surface area contributed by atoms with Crippen molar-refractivity contribution in [3.8, 4) is 11.3 Å². The lowest BCUT2D eigenvalue weighted by molar-refractivity contribution is -0.122. The SMILES string of the molecule is O=C(CO)C(Cc1ccc(I)cc1)Nc1nc(-c2ccc(Cl)c(Cl)c2)cs1. The normalized spacial score (nSPS) is 12.0. The summed E-state index contributed by atoms with van der Waals surface area (Å²) in [6.45, 7) is -0.521. The number of hydrogen-bond acceptors (Lipinski definition) is 5. The molecule has 8 heteroatoms. The van der Waals surface area contributed by atoms with E-state index < -0.39 is 12.6 Å². The van der Waals surface area contributed by atoms with Gasteiger partial charge in [0.05, 0.1) is 21.8 Å². The van der Waals surface area contributed by atoms with E-state index in [-0.39, 0.29) is 5.78 Å². The lowest BCUT2D eigenvalue weighted by Crippen LogP contribution is -2.33. The summed E-state index contributed by atoms with van der Waals surface area (Å²) < 4.78 is 1.13. The van der Waals surface area contributed by atoms with E-state index in [1.165, 1.54) is 11.3 Å². The first-order chi connectivity index (χ1) is 13.0. The van der Waals surface area contributed by atoms with Crippen LogP contribution in [0.25, 0.3) is 11.3 Å². The number of aliphatic hydroxyl groups is 1. The molecule has 2 N–H and O–H groups in total. The van der Waals surface area contributed by atoms with Gasteiger partial charge in [0.2, 0.25) is 0 Å². The maximum Gasteiger partial charge on any atom is 0.183 e. The minimum atomic E-state index is -0.553. The Kier molecular flexibility index (Phi) is 7.10. The molecule has 0 bridgehead atoms. The summed E-state index contributed by atoms with van der Waals surface area (Å²) in [6, 6.07) is 12.7. The Morgan fingerprint density at radius 2 is 1.93 bits per heavy atom. The number of hydrogen-bond donors (Lipinski definition) is 2. The molecule has 0 aliphatic carbocycles. The van der Waals surface area contributed by atoms with Crippen LogP contribution in [0.5, 0.6) is 0 Å². The number of aromatic nitrogens is 1. The molecule has 0 spiro atoms. The van der Waals surface area contributed by atoms with Crippen LogP contribution in [0.2, 0.25) is 10.0 Å². The molecule has 0 amide bonds. The standard InChI is InChI=1S/C19H15Cl2IN2O2S/c20-14-6-3-12(8-15(14)21)17-10-27-19(24-17)23-16(18(26)9-25)7-11-1-4-13(22)5-2-11/h1-6,8,10,16,25H,7,9H2,(H,23,24). The number of nitrogens with one attached hydrogen (secondary N) is 1. The molecule has 1 unspecified atom stereocenters. The number of nitrogens with zero attached hydrogens (tertiary/aromatic N) is 1. The molecule has 3 aromatic rings. The Hall–Kier alpha value is -1.19. The summed E-state index contributed by atoms with van der Waals surface area (Å²) >= 11 is 15.7. The van der Waals surface area contributed by atoms with Gasteiger partial charge in [-0.05, 0) is 58.8 Å². The van der Waals surface area contributed by atoms with Crippen molar-refractivity contribution >= 4 is 68.0 Å². The van der Waals surface area contributed by atoms with E-state index in [0.717, 1.165) is 20.4 Å². The largest absolute Gasteiger partial charge is 0.389 e. The Balaban J connectivity index is 1.77. The summed E-state index contributed by atoms with van der Waals surface area (Å²) in [4.78, 5) is 16.7. The molecule has 1 atom stereocenters. The number of ketones is 1. The number of carbonyl (C=O) groups is 1. The zero-order valence-corrected chi connectivity index (χ0v) is 18.4. The van der Waals surface area contributed by atoms with Gasteiger partial charge in [-0.15, -0.1) is 11.3 Å². The molecule has 1 aromatic heterocycles. The number of aliphatic hydroxyl groups excluding tert-OH is 1. The summed E-state index contributed by atoms with van der Waals surface area (Å²) in [6.07, 6.45) is 0.470. The average molecular weight is 533 g/mol. The zero-order valence-electron chi connectivity index (χ0n) is 14.0. The quantitative estimate of drug-likeness (QED) is 0.405. The van der Waals surface area contributed by atoms with Gasteiger partial charge in [-0.2, -0.15) is 0 Å². The van der Waals surface area contributed by atoms with Gasteiger partial charge < -0.3 is 10.4 Å². The number of anilines is 1. The van der Waals surface area contributed by atoms with Gasteiger partial charge in [0.1, 0.15) is 6.61 Å². The molecule has 2 aromatic carbocycles. The molecule has 0 saturated heterocycles. The molecule has 3 rings (SSSR count). The summed E-state index contributed by atoms with van der Waals surface area (Å²) in [5.41, 5.74) is 2.60. The number of carbonyl (C=O) groups excluding carboxylic acids is 1. The Bertz CT molecular complexity index is 947. The fourth-order valence-electron chi connectivity index (χ4n) is 2.49. The van der Waals surface area contributed by atoms with Gasteiger partial charge in [-0.1, -0.05) is 41.4 Å². The first-order valence-corrected chi connectivity index (χ1v) is 10.7. The van der Waals surface area contributed by atoms with E-state index >= 15 is 0 Å². The second-order valence-electron chi connectivity index (χ2n) is 5.82. The lowest BCUT2D eigenvalue weighted by atomic mass is 10.0. The molecule has 140 valence electrons. The van der Waals surface area contributed by atoms with E-state index in [1.54, 1.807) is 12.1 Å². The van der Waals surface area contributed by atoms with Gasteiger partial charge >= 0.3 is 0 Å². The first kappa shape index (κ1) is 20.5. The molecule has 0 aliphatic heterocycles. The van der Waals surface area contributed by atoms with Crippen molar-refractivity contribution in [2.75, 3.05) is 11.9 Å². The molecule has 0 saturated carbocycles. The molecule has 0 fully saturated rings. The topological polar surface area (TPSA) is 62.2 Å². The summed E-state index contributed by atoms with van der Waals surface area (Å²) in [5, 5.41) is 15.9. The maximum absolute atomic E-state index is 12.2. The molecular formula is C19H15Cl2IN2O2S. The highest BCUT2D eigenvalue weighted by molar-refractivity contribution is 14.1. The van der Waals surface area contributed by atoms with Crippen LogP contribution in [0.3, 0.4) is 0 Å². The Morgan fingerprint density at radius 3 is 2.59 bits per heavy atom. The first-order valence-electron chi connectivity index (χ1n) is 8.02. The van der Waals surface area contributed by atoms with E-state index in [9.17, 15) is 9.90 Å². The van der Waals surface area contributed by atoms with Crippen LogP contribution in [0.4, 0.5) is 5.13 Å². The van der Waals surface area contributed by atoms with Crippen LogP contribution in [-0.2, 0) is 11.2 Å². The predicted octanol–water partition coefficient (Wildman–Crippen LogP) is 5.31. The minimum absolute atomic E-state index is 0.278. The van der Waals surface area contributed by atoms with Crippen molar-refractivity contribution in [1.82, 2.24) is 4.98 Å². The van der Waals surface area contributed by atoms with Gasteiger partial charge in [0, 0.05) is 14.5 Å². The van der Waals surface area contributed by atoms with E-state index in [4.69, 9.17) is 23.2 Å². The predicted molar refractivity (Wildman–Crippen MR) is 120 cm³/mol. The smallest absolute Gasteiger partial charge is 0.183 e. The van der Waals surface area contributed by atoms with Crippen molar-refractivity contribution in [1.29, 1.82) is 0 Å². The van der Waals surface area contributed by atoms with Gasteiger partial charge in [-0.3, -0.25) is 4.79 Å². The second-order valence-corrected chi connectivity index (χ2v) is 8.74. The third-order valence-corrected chi connectivity index (χ3v) is 6.15. The molecule has 27 heavy (non-hydrogen) atoms. The highest BCUT2D eigenvalue weighted by atomic mass is 127. The summed E-state index contributed by atoms with van der Waals surface area (Å²) in [5.74, 6) is -0.278. The third kappa shape index (κ3) is 5.42. The molecule has 1 heterocycles. The monoisotopic (exact) mass is 532 g/mol. The Morgan fingerprint density at radius 1 is 1.19 bits per heavy atom. The minimum Gasteiger partial charge on any atom is -0.389 e. The van der Waals surface area contributed by atoms with Crippen LogP contribution in [0.1, 0.15) is 5.56 Å². The average Bonchev–Trinajstić information content (AvgIpc) is 3.13. The van der Waals surface area contributed by atoms with Crippen LogP contribution < -0.4 is 5.32 Å². The highest BCUT2D eigenvalue weighted by Gasteiger charge is 2.19. The van der Waals surface area contributed by atoms with E-state index in [2.05, 4.69) is 32.9 Å². The fourth-order valence-corrected chi connectivity index (χ4v) is 3.92. The zero-order chi connectivity index (χ0) is 19.4. The number of rotatable bonds is 7. The van der Waals surface area contributed by atoms with E-state index in [0.29, 0.717) is 21.6 Å². The maximum atomic E-state index is 12.2. The van der Waals surface area contributed by atoms with Gasteiger partial charge in [0.25, 0.3) is 0 Å². The van der Waals surface area contributed by atoms with Gasteiger partial charge in [0.15, 0.2) is 10.9 Å². The van der Waals surface area contributed by atoms with Crippen molar-refractivity contribution in [3.05, 3.63) is 67.0 Å². The van der Waals surface area contributed by atoms with Gasteiger partial charge in [-0.25, -0.2) is 4.98 Å². The summed E-state index contributed by atoms with van der Waals surface area (Å²) in [7, 11) is 0. The van der Waals surface area contributed by atoms with Crippen molar-refractivity contribution in [2.45, 2.75) is 12.5 Å². The van der Waals surface area contributed by atoms with Crippen molar-refractivity contribution in [3.63, 3.8) is 0 Å². The number of halogens is 3. The van der Waals surface area contributed by atoms with Crippen LogP contribution in [-0.4, -0.2) is 28.5 Å². The van der Waals surface area contributed by atoms with Crippen LogP contribution in [0.15, 0.2) is 47.8 Å². The third-order valence-electron chi connectivity index (χ3n) is 3.91. The second kappa shape index (κ2) is 9.34. The Labute approximate surface area is 184 Å². The number of benzene rings is 2. The highest BCUT2D eigenvalue weighted by Crippen LogP contribution is 2.30. The molecule has 4 nitrogen and oxygen atoms in total. The van der Waals surface area contributed by atoms with Crippen molar-refractivity contribution in [2.24, 2.45) is 0 Å². The van der Waals surface area contributed by atoms with Crippen molar-refractivity contribution < 1.29 is 9.90 Å². The number of thiazole rings is 1. The lowest BCUT2D eigenvalue weighted by Gasteiger charge is -2.16. The fraction of sp³-hybridized carbons (Fsp3) is 0.158. The number of Topliss-reactive ketones (excluding diaryl/α,β-unsaturated/α-hetero) is 1. The van der Waals surface area contributed by atoms with Crippen LogP contribution >= 0.6 is 57.1 Å². The molecular weight excluding hydrogens is 518 g/mol. The van der Waals surface area contributed by atoms with Crippen LogP contribution in [0, 0.1) is 3.57 Å². The molecule has 0 aliphatic rings.